The first-order chi connectivity index (χ1) is 7.96. The Bertz CT molecular complexity index is 493. The first kappa shape index (κ1) is 12.6. The van der Waals surface area contributed by atoms with Gasteiger partial charge in [-0.2, -0.15) is 5.10 Å². The maximum absolute atomic E-state index is 11.3. The van der Waals surface area contributed by atoms with Crippen molar-refractivity contribution in [3.8, 4) is 0 Å². The summed E-state index contributed by atoms with van der Waals surface area (Å²) in [5.74, 6) is 0.606. The summed E-state index contributed by atoms with van der Waals surface area (Å²) in [6.45, 7) is 5.55. The first-order valence-electron chi connectivity index (χ1n) is 5.91. The molecule has 1 atom stereocenters. The molecule has 17 heavy (non-hydrogen) atoms. The Kier molecular flexibility index (Phi) is 3.53. The van der Waals surface area contributed by atoms with Crippen LogP contribution in [-0.2, 0) is 16.4 Å². The molecule has 0 saturated carbocycles. The van der Waals surface area contributed by atoms with Crippen LogP contribution in [0.5, 0.6) is 0 Å². The molecule has 1 aliphatic heterocycles. The van der Waals surface area contributed by atoms with Gasteiger partial charge in [0.15, 0.2) is 9.84 Å². The van der Waals surface area contributed by atoms with Gasteiger partial charge < -0.3 is 5.32 Å². The van der Waals surface area contributed by atoms with Gasteiger partial charge in [-0.05, 0) is 26.3 Å². The van der Waals surface area contributed by atoms with Crippen LogP contribution in [0.15, 0.2) is 6.07 Å². The van der Waals surface area contributed by atoms with Gasteiger partial charge in [-0.1, -0.05) is 0 Å². The molecule has 96 valence electrons. The SMILES string of the molecule is Cc1cc(C)n(CCNC2CCS(=O)(=O)C2)n1. The highest BCUT2D eigenvalue weighted by Crippen LogP contribution is 2.11. The van der Waals surface area contributed by atoms with E-state index in [0.29, 0.717) is 5.75 Å². The standard InChI is InChI=1S/C11H19N3O2S/c1-9-7-10(2)14(13-9)5-4-12-11-3-6-17(15,16)8-11/h7,11-12H,3-6,8H2,1-2H3. The average Bonchev–Trinajstić information content (AvgIpc) is 2.71. The monoisotopic (exact) mass is 257 g/mol. The highest BCUT2D eigenvalue weighted by Gasteiger charge is 2.27. The number of aromatic nitrogens is 2. The third kappa shape index (κ3) is 3.29. The second-order valence-electron chi connectivity index (χ2n) is 4.70. The zero-order valence-electron chi connectivity index (χ0n) is 10.3. The number of aryl methyl sites for hydroxylation is 2. The lowest BCUT2D eigenvalue weighted by molar-refractivity contribution is 0.493. The normalized spacial score (nSPS) is 23.1. The van der Waals surface area contributed by atoms with Crippen LogP contribution in [0.3, 0.4) is 0 Å². The van der Waals surface area contributed by atoms with Gasteiger partial charge in [0, 0.05) is 18.3 Å². The number of sulfone groups is 1. The fraction of sp³-hybridized carbons (Fsp3) is 0.727. The molecule has 5 nitrogen and oxygen atoms in total. The third-order valence-electron chi connectivity index (χ3n) is 3.09. The minimum atomic E-state index is -2.78. The summed E-state index contributed by atoms with van der Waals surface area (Å²) in [6.07, 6.45) is 0.736. The Morgan fingerprint density at radius 3 is 2.82 bits per heavy atom. The molecular formula is C11H19N3O2S. The van der Waals surface area contributed by atoms with Crippen molar-refractivity contribution in [3.05, 3.63) is 17.5 Å². The van der Waals surface area contributed by atoms with Crippen LogP contribution in [0.25, 0.3) is 0 Å². The van der Waals surface area contributed by atoms with E-state index in [4.69, 9.17) is 0 Å². The molecule has 0 radical (unpaired) electrons. The van der Waals surface area contributed by atoms with Gasteiger partial charge >= 0.3 is 0 Å². The van der Waals surface area contributed by atoms with Gasteiger partial charge in [0.2, 0.25) is 0 Å². The second kappa shape index (κ2) is 4.78. The predicted molar refractivity (Wildman–Crippen MR) is 66.8 cm³/mol. The smallest absolute Gasteiger partial charge is 0.151 e. The van der Waals surface area contributed by atoms with Crippen LogP contribution in [0.1, 0.15) is 17.8 Å². The molecule has 1 aliphatic rings. The molecule has 1 fully saturated rings. The average molecular weight is 257 g/mol. The second-order valence-corrected chi connectivity index (χ2v) is 6.93. The van der Waals surface area contributed by atoms with E-state index in [2.05, 4.69) is 10.4 Å². The lowest BCUT2D eigenvalue weighted by Gasteiger charge is -2.11. The lowest BCUT2D eigenvalue weighted by Crippen LogP contribution is -2.33. The van der Waals surface area contributed by atoms with Gasteiger partial charge in [0.25, 0.3) is 0 Å². The fourth-order valence-corrected chi connectivity index (χ4v) is 3.94. The summed E-state index contributed by atoms with van der Waals surface area (Å²) in [4.78, 5) is 0. The molecule has 0 amide bonds. The van der Waals surface area contributed by atoms with Crippen molar-refractivity contribution in [2.75, 3.05) is 18.1 Å². The van der Waals surface area contributed by atoms with E-state index in [-0.39, 0.29) is 11.8 Å². The lowest BCUT2D eigenvalue weighted by atomic mass is 10.2. The quantitative estimate of drug-likeness (QED) is 0.841. The number of hydrogen-bond acceptors (Lipinski definition) is 4. The van der Waals surface area contributed by atoms with E-state index in [1.807, 2.05) is 24.6 Å². The number of rotatable bonds is 4. The summed E-state index contributed by atoms with van der Waals surface area (Å²) in [6, 6.07) is 2.16. The van der Waals surface area contributed by atoms with E-state index in [1.165, 1.54) is 0 Å². The number of nitrogens with zero attached hydrogens (tertiary/aromatic N) is 2. The van der Waals surface area contributed by atoms with Crippen molar-refractivity contribution in [3.63, 3.8) is 0 Å². The minimum Gasteiger partial charge on any atom is -0.311 e. The van der Waals surface area contributed by atoms with Crippen molar-refractivity contribution >= 4 is 9.84 Å². The van der Waals surface area contributed by atoms with Crippen LogP contribution in [0.2, 0.25) is 0 Å². The van der Waals surface area contributed by atoms with Crippen LogP contribution in [0, 0.1) is 13.8 Å². The zero-order valence-corrected chi connectivity index (χ0v) is 11.1. The molecular weight excluding hydrogens is 238 g/mol. The van der Waals surface area contributed by atoms with Gasteiger partial charge in [0.1, 0.15) is 0 Å². The molecule has 1 unspecified atom stereocenters. The summed E-state index contributed by atoms with van der Waals surface area (Å²) in [5, 5.41) is 7.64. The van der Waals surface area contributed by atoms with Crippen LogP contribution < -0.4 is 5.32 Å². The van der Waals surface area contributed by atoms with E-state index in [9.17, 15) is 8.42 Å². The van der Waals surface area contributed by atoms with E-state index in [1.54, 1.807) is 0 Å². The van der Waals surface area contributed by atoms with Crippen molar-refractivity contribution < 1.29 is 8.42 Å². The largest absolute Gasteiger partial charge is 0.311 e. The fourth-order valence-electron chi connectivity index (χ4n) is 2.23. The summed E-state index contributed by atoms with van der Waals surface area (Å²) >= 11 is 0. The molecule has 0 bridgehead atoms. The minimum absolute atomic E-state index is 0.122. The Balaban J connectivity index is 1.79. The molecule has 0 spiro atoms. The molecule has 2 rings (SSSR count). The third-order valence-corrected chi connectivity index (χ3v) is 4.86. The Labute approximate surface area is 102 Å². The van der Waals surface area contributed by atoms with Crippen molar-refractivity contribution in [1.82, 2.24) is 15.1 Å². The zero-order chi connectivity index (χ0) is 12.5. The molecule has 1 N–H and O–H groups in total. The molecule has 2 heterocycles. The van der Waals surface area contributed by atoms with Gasteiger partial charge in [-0.15, -0.1) is 0 Å². The van der Waals surface area contributed by atoms with E-state index < -0.39 is 9.84 Å². The molecule has 1 aromatic heterocycles. The topological polar surface area (TPSA) is 64.0 Å². The van der Waals surface area contributed by atoms with Gasteiger partial charge in [-0.25, -0.2) is 8.42 Å². The number of hydrogen-bond donors (Lipinski definition) is 1. The first-order valence-corrected chi connectivity index (χ1v) is 7.73. The van der Waals surface area contributed by atoms with Crippen molar-refractivity contribution in [2.24, 2.45) is 0 Å². The molecule has 6 heteroatoms. The molecule has 0 aliphatic carbocycles. The Hall–Kier alpha value is -0.880. The Morgan fingerprint density at radius 1 is 1.53 bits per heavy atom. The van der Waals surface area contributed by atoms with Gasteiger partial charge in [0.05, 0.1) is 23.7 Å². The van der Waals surface area contributed by atoms with Gasteiger partial charge in [-0.3, -0.25) is 4.68 Å². The highest BCUT2D eigenvalue weighted by atomic mass is 32.2. The van der Waals surface area contributed by atoms with Crippen LogP contribution in [0.4, 0.5) is 0 Å². The summed E-state index contributed by atoms with van der Waals surface area (Å²) in [5.41, 5.74) is 2.16. The summed E-state index contributed by atoms with van der Waals surface area (Å²) < 4.78 is 24.5. The molecule has 1 saturated heterocycles. The molecule has 1 aromatic rings. The van der Waals surface area contributed by atoms with Crippen LogP contribution >= 0.6 is 0 Å². The van der Waals surface area contributed by atoms with E-state index in [0.717, 1.165) is 30.9 Å². The Morgan fingerprint density at radius 2 is 2.29 bits per heavy atom. The number of nitrogens with one attached hydrogen (secondary N) is 1. The van der Waals surface area contributed by atoms with Crippen LogP contribution in [-0.4, -0.2) is 42.3 Å². The highest BCUT2D eigenvalue weighted by molar-refractivity contribution is 7.91. The van der Waals surface area contributed by atoms with E-state index >= 15 is 0 Å². The van der Waals surface area contributed by atoms with Crippen molar-refractivity contribution in [1.29, 1.82) is 0 Å². The maximum Gasteiger partial charge on any atom is 0.151 e. The maximum atomic E-state index is 11.3. The molecule has 0 aromatic carbocycles. The summed E-state index contributed by atoms with van der Waals surface area (Å²) in [7, 11) is -2.78. The van der Waals surface area contributed by atoms with Crippen molar-refractivity contribution in [2.45, 2.75) is 32.9 Å². The predicted octanol–water partition coefficient (Wildman–Crippen LogP) is 0.277.